The third kappa shape index (κ3) is 3.24. The number of fused-ring (bicyclic) bond motifs is 1. The lowest BCUT2D eigenvalue weighted by atomic mass is 9.95. The van der Waals surface area contributed by atoms with Gasteiger partial charge in [0.25, 0.3) is 0 Å². The molecule has 0 aliphatic carbocycles. The van der Waals surface area contributed by atoms with Crippen LogP contribution in [0.4, 0.5) is 4.79 Å². The van der Waals surface area contributed by atoms with Crippen molar-refractivity contribution in [3.63, 3.8) is 0 Å². The monoisotopic (exact) mass is 296 g/mol. The first-order valence-corrected chi connectivity index (χ1v) is 8.29. The highest BCUT2D eigenvalue weighted by Gasteiger charge is 2.29. The highest BCUT2D eigenvalue weighted by molar-refractivity contribution is 5.79. The van der Waals surface area contributed by atoms with Crippen molar-refractivity contribution in [2.45, 2.75) is 32.6 Å². The van der Waals surface area contributed by atoms with Gasteiger partial charge in [-0.1, -0.05) is 55.8 Å². The minimum atomic E-state index is 0.139. The first kappa shape index (κ1) is 14.9. The van der Waals surface area contributed by atoms with Crippen LogP contribution in [-0.2, 0) is 6.42 Å². The third-order valence-electron chi connectivity index (χ3n) is 4.41. The number of hydrogen-bond acceptors (Lipinski definition) is 1. The van der Waals surface area contributed by atoms with E-state index in [9.17, 15) is 4.79 Å². The van der Waals surface area contributed by atoms with Crippen LogP contribution in [0.5, 0.6) is 0 Å². The van der Waals surface area contributed by atoms with Crippen molar-refractivity contribution < 1.29 is 4.79 Å². The zero-order valence-electron chi connectivity index (χ0n) is 13.2. The molecule has 1 saturated heterocycles. The van der Waals surface area contributed by atoms with E-state index in [1.165, 1.54) is 11.3 Å². The van der Waals surface area contributed by atoms with E-state index in [1.807, 2.05) is 22.1 Å². The maximum atomic E-state index is 12.5. The molecule has 0 radical (unpaired) electrons. The van der Waals surface area contributed by atoms with Crippen molar-refractivity contribution in [1.82, 2.24) is 9.80 Å². The first-order valence-electron chi connectivity index (χ1n) is 8.29. The summed E-state index contributed by atoms with van der Waals surface area (Å²) in [5.74, 6) is 0.392. The zero-order valence-corrected chi connectivity index (χ0v) is 13.2. The van der Waals surface area contributed by atoms with Crippen molar-refractivity contribution in [3.8, 4) is 0 Å². The number of nitrogens with zero attached hydrogens (tertiary/aromatic N) is 2. The van der Waals surface area contributed by atoms with Crippen molar-refractivity contribution in [2.75, 3.05) is 13.1 Å². The Morgan fingerprint density at radius 1 is 1.23 bits per heavy atom. The first-order chi connectivity index (χ1) is 10.8. The average Bonchev–Trinajstić information content (AvgIpc) is 2.55. The van der Waals surface area contributed by atoms with Crippen LogP contribution in [0.15, 0.2) is 54.4 Å². The Morgan fingerprint density at radius 3 is 2.82 bits per heavy atom. The maximum absolute atomic E-state index is 12.5. The predicted octanol–water partition coefficient (Wildman–Crippen LogP) is 4.18. The van der Waals surface area contributed by atoms with Crippen LogP contribution in [-0.4, -0.2) is 28.9 Å². The molecule has 0 bridgehead atoms. The van der Waals surface area contributed by atoms with Crippen LogP contribution in [0.1, 0.15) is 31.7 Å². The largest absolute Gasteiger partial charge is 0.328 e. The maximum Gasteiger partial charge on any atom is 0.328 e. The lowest BCUT2D eigenvalue weighted by Crippen LogP contribution is -2.46. The molecule has 0 spiro atoms. The lowest BCUT2D eigenvalue weighted by Gasteiger charge is -2.38. The van der Waals surface area contributed by atoms with Gasteiger partial charge >= 0.3 is 6.03 Å². The van der Waals surface area contributed by atoms with Crippen molar-refractivity contribution >= 4 is 6.03 Å². The molecule has 22 heavy (non-hydrogen) atoms. The number of benzene rings is 1. The molecule has 1 atom stereocenters. The van der Waals surface area contributed by atoms with Gasteiger partial charge in [0.1, 0.15) is 0 Å². The van der Waals surface area contributed by atoms with Crippen LogP contribution in [0.25, 0.3) is 0 Å². The fourth-order valence-electron chi connectivity index (χ4n) is 3.13. The van der Waals surface area contributed by atoms with Gasteiger partial charge in [-0.05, 0) is 18.4 Å². The molecule has 0 saturated carbocycles. The van der Waals surface area contributed by atoms with Gasteiger partial charge in [-0.3, -0.25) is 4.90 Å². The van der Waals surface area contributed by atoms with E-state index in [1.54, 1.807) is 0 Å². The van der Waals surface area contributed by atoms with Crippen molar-refractivity contribution in [3.05, 3.63) is 59.9 Å². The summed E-state index contributed by atoms with van der Waals surface area (Å²) >= 11 is 0. The van der Waals surface area contributed by atoms with Gasteiger partial charge in [0.2, 0.25) is 0 Å². The summed E-state index contributed by atoms with van der Waals surface area (Å²) in [6, 6.07) is 10.7. The number of carbonyl (C=O) groups is 1. The smallest absolute Gasteiger partial charge is 0.324 e. The second-order valence-corrected chi connectivity index (χ2v) is 6.10. The Balaban J connectivity index is 1.66. The molecule has 2 heterocycles. The van der Waals surface area contributed by atoms with Gasteiger partial charge in [-0.25, -0.2) is 4.79 Å². The minimum absolute atomic E-state index is 0.139. The number of hydrogen-bond donors (Lipinski definition) is 0. The zero-order chi connectivity index (χ0) is 15.4. The van der Waals surface area contributed by atoms with E-state index in [4.69, 9.17) is 0 Å². The number of amides is 2. The minimum Gasteiger partial charge on any atom is -0.324 e. The Bertz CT molecular complexity index is 576. The molecule has 3 rings (SSSR count). The molecule has 1 aromatic rings. The summed E-state index contributed by atoms with van der Waals surface area (Å²) < 4.78 is 0. The normalized spacial score (nSPS) is 20.9. The van der Waals surface area contributed by atoms with E-state index in [0.717, 1.165) is 38.8 Å². The lowest BCUT2D eigenvalue weighted by molar-refractivity contribution is 0.161. The van der Waals surface area contributed by atoms with Crippen LogP contribution in [0.3, 0.4) is 0 Å². The van der Waals surface area contributed by atoms with Gasteiger partial charge in [-0.15, -0.1) is 0 Å². The molecule has 2 aliphatic heterocycles. The molecule has 1 aromatic carbocycles. The standard InChI is InChI=1S/C19H24N2O/c1-2-3-11-20-12-10-18-15-17(9-13-21(18)19(20)22)14-16-7-5-4-6-8-16/h4-9,13,15,17H,2-3,10-12,14H2,1H3. The van der Waals surface area contributed by atoms with Gasteiger partial charge in [0.05, 0.1) is 0 Å². The van der Waals surface area contributed by atoms with Gasteiger partial charge in [0.15, 0.2) is 0 Å². The van der Waals surface area contributed by atoms with Gasteiger partial charge < -0.3 is 4.90 Å². The van der Waals surface area contributed by atoms with Crippen LogP contribution >= 0.6 is 0 Å². The molecule has 1 fully saturated rings. The number of carbonyl (C=O) groups excluding carboxylic acids is 1. The average molecular weight is 296 g/mol. The molecule has 3 nitrogen and oxygen atoms in total. The fraction of sp³-hybridized carbons (Fsp3) is 0.421. The van der Waals surface area contributed by atoms with E-state index in [-0.39, 0.29) is 6.03 Å². The molecule has 0 N–H and O–H groups in total. The topological polar surface area (TPSA) is 23.6 Å². The summed E-state index contributed by atoms with van der Waals surface area (Å²) in [5, 5.41) is 0. The molecule has 116 valence electrons. The summed E-state index contributed by atoms with van der Waals surface area (Å²) in [5.41, 5.74) is 2.51. The summed E-state index contributed by atoms with van der Waals surface area (Å²) in [6.45, 7) is 3.89. The number of unbranched alkanes of at least 4 members (excludes halogenated alkanes) is 1. The van der Waals surface area contributed by atoms with Gasteiger partial charge in [0, 0.05) is 37.3 Å². The fourth-order valence-corrected chi connectivity index (χ4v) is 3.13. The Kier molecular flexibility index (Phi) is 4.62. The van der Waals surface area contributed by atoms with Crippen molar-refractivity contribution in [2.24, 2.45) is 5.92 Å². The Hall–Kier alpha value is -2.03. The highest BCUT2D eigenvalue weighted by atomic mass is 16.2. The summed E-state index contributed by atoms with van der Waals surface area (Å²) in [6.07, 6.45) is 10.6. The second kappa shape index (κ2) is 6.82. The third-order valence-corrected chi connectivity index (χ3v) is 4.41. The molecule has 2 amide bonds. The molecule has 0 aromatic heterocycles. The van der Waals surface area contributed by atoms with E-state index in [0.29, 0.717) is 5.92 Å². The number of urea groups is 1. The second-order valence-electron chi connectivity index (χ2n) is 6.10. The van der Waals surface area contributed by atoms with Crippen LogP contribution < -0.4 is 0 Å². The van der Waals surface area contributed by atoms with Crippen molar-refractivity contribution in [1.29, 1.82) is 0 Å². The quantitative estimate of drug-likeness (QED) is 0.799. The van der Waals surface area contributed by atoms with Crippen LogP contribution in [0.2, 0.25) is 0 Å². The SMILES string of the molecule is CCCCN1CCC2=CC(Cc3ccccc3)C=CN2C1=O. The molecule has 1 unspecified atom stereocenters. The molecular weight excluding hydrogens is 272 g/mol. The Labute approximate surface area is 132 Å². The van der Waals surface area contributed by atoms with Crippen LogP contribution in [0, 0.1) is 5.92 Å². The van der Waals surface area contributed by atoms with Gasteiger partial charge in [-0.2, -0.15) is 0 Å². The van der Waals surface area contributed by atoms with E-state index >= 15 is 0 Å². The summed E-state index contributed by atoms with van der Waals surface area (Å²) in [7, 11) is 0. The molecule has 2 aliphatic rings. The Morgan fingerprint density at radius 2 is 2.05 bits per heavy atom. The number of allylic oxidation sites excluding steroid dienone is 2. The van der Waals surface area contributed by atoms with E-state index < -0.39 is 0 Å². The molecular formula is C19H24N2O. The summed E-state index contributed by atoms with van der Waals surface area (Å²) in [4.78, 5) is 16.3. The number of rotatable bonds is 5. The van der Waals surface area contributed by atoms with E-state index in [2.05, 4.69) is 43.3 Å². The highest BCUT2D eigenvalue weighted by Crippen LogP contribution is 2.27. The molecule has 3 heteroatoms. The predicted molar refractivity (Wildman–Crippen MR) is 89.2 cm³/mol.